The van der Waals surface area contributed by atoms with Gasteiger partial charge in [-0.2, -0.15) is 11.8 Å². The van der Waals surface area contributed by atoms with E-state index < -0.39 is 0 Å². The summed E-state index contributed by atoms with van der Waals surface area (Å²) in [6, 6.07) is 0. The monoisotopic (exact) mass is 244 g/mol. The third-order valence-electron chi connectivity index (χ3n) is 3.60. The Balaban J connectivity index is 1.85. The maximum atomic E-state index is 5.63. The first-order chi connectivity index (χ1) is 7.85. The molecule has 0 aliphatic carbocycles. The number of nitrogens with zero attached hydrogens (tertiary/aromatic N) is 1. The lowest BCUT2D eigenvalue weighted by molar-refractivity contribution is 0.113. The van der Waals surface area contributed by atoms with E-state index >= 15 is 0 Å². The largest absolute Gasteiger partial charge is 0.381 e. The molecule has 0 saturated carbocycles. The Morgan fingerprint density at radius 3 is 2.81 bits per heavy atom. The van der Waals surface area contributed by atoms with E-state index in [0.717, 1.165) is 26.3 Å². The van der Waals surface area contributed by atoms with Gasteiger partial charge in [-0.05, 0) is 13.0 Å². The SMILES string of the molecule is CCNCC1(CN2CCSCC2)CCOC1. The van der Waals surface area contributed by atoms with Crippen molar-refractivity contribution in [2.45, 2.75) is 13.3 Å². The fourth-order valence-corrected chi connectivity index (χ4v) is 3.57. The fourth-order valence-electron chi connectivity index (χ4n) is 2.59. The summed E-state index contributed by atoms with van der Waals surface area (Å²) in [5, 5.41) is 3.51. The standard InChI is InChI=1S/C12H24N2OS/c1-2-13-9-12(3-6-15-11-12)10-14-4-7-16-8-5-14/h13H,2-11H2,1H3. The van der Waals surface area contributed by atoms with Gasteiger partial charge in [0.15, 0.2) is 0 Å². The third-order valence-corrected chi connectivity index (χ3v) is 4.54. The second kappa shape index (κ2) is 6.24. The predicted molar refractivity (Wildman–Crippen MR) is 70.2 cm³/mol. The molecule has 1 unspecified atom stereocenters. The summed E-state index contributed by atoms with van der Waals surface area (Å²) in [5.74, 6) is 2.61. The van der Waals surface area contributed by atoms with Crippen LogP contribution in [-0.4, -0.2) is 62.3 Å². The van der Waals surface area contributed by atoms with Gasteiger partial charge in [-0.25, -0.2) is 0 Å². The van der Waals surface area contributed by atoms with Gasteiger partial charge in [0, 0.05) is 49.7 Å². The van der Waals surface area contributed by atoms with Crippen LogP contribution in [0.2, 0.25) is 0 Å². The van der Waals surface area contributed by atoms with Crippen LogP contribution in [-0.2, 0) is 4.74 Å². The van der Waals surface area contributed by atoms with Crippen LogP contribution in [0.4, 0.5) is 0 Å². The van der Waals surface area contributed by atoms with Crippen LogP contribution in [0.5, 0.6) is 0 Å². The van der Waals surface area contributed by atoms with Crippen LogP contribution in [0.3, 0.4) is 0 Å². The Hall–Kier alpha value is 0.230. The first kappa shape index (κ1) is 12.7. The molecule has 0 aromatic rings. The van der Waals surface area contributed by atoms with Crippen molar-refractivity contribution in [1.82, 2.24) is 10.2 Å². The molecule has 2 rings (SSSR count). The zero-order chi connectivity index (χ0) is 11.3. The molecule has 1 atom stereocenters. The van der Waals surface area contributed by atoms with Gasteiger partial charge < -0.3 is 15.0 Å². The van der Waals surface area contributed by atoms with Crippen molar-refractivity contribution in [3.8, 4) is 0 Å². The van der Waals surface area contributed by atoms with E-state index in [0.29, 0.717) is 5.41 Å². The van der Waals surface area contributed by atoms with E-state index in [1.54, 1.807) is 0 Å². The van der Waals surface area contributed by atoms with Gasteiger partial charge in [0.25, 0.3) is 0 Å². The van der Waals surface area contributed by atoms with Crippen molar-refractivity contribution in [2.75, 3.05) is 57.4 Å². The molecule has 0 aromatic carbocycles. The third kappa shape index (κ3) is 3.36. The Bertz CT molecular complexity index is 201. The average molecular weight is 244 g/mol. The number of nitrogens with one attached hydrogen (secondary N) is 1. The van der Waals surface area contributed by atoms with Gasteiger partial charge in [0.1, 0.15) is 0 Å². The van der Waals surface area contributed by atoms with Gasteiger partial charge >= 0.3 is 0 Å². The Labute approximate surface area is 103 Å². The quantitative estimate of drug-likeness (QED) is 0.781. The van der Waals surface area contributed by atoms with Crippen LogP contribution in [0, 0.1) is 5.41 Å². The van der Waals surface area contributed by atoms with Crippen molar-refractivity contribution in [1.29, 1.82) is 0 Å². The van der Waals surface area contributed by atoms with E-state index in [2.05, 4.69) is 28.9 Å². The second-order valence-electron chi connectivity index (χ2n) is 4.97. The van der Waals surface area contributed by atoms with Crippen molar-refractivity contribution in [2.24, 2.45) is 5.41 Å². The van der Waals surface area contributed by atoms with Crippen LogP contribution < -0.4 is 5.32 Å². The molecule has 2 fully saturated rings. The number of rotatable bonds is 5. The van der Waals surface area contributed by atoms with Crippen LogP contribution in [0.15, 0.2) is 0 Å². The van der Waals surface area contributed by atoms with Crippen molar-refractivity contribution >= 4 is 11.8 Å². The molecule has 2 saturated heterocycles. The predicted octanol–water partition coefficient (Wildman–Crippen LogP) is 1.05. The zero-order valence-electron chi connectivity index (χ0n) is 10.3. The molecule has 4 heteroatoms. The van der Waals surface area contributed by atoms with E-state index in [9.17, 15) is 0 Å². The zero-order valence-corrected chi connectivity index (χ0v) is 11.2. The molecule has 16 heavy (non-hydrogen) atoms. The van der Waals surface area contributed by atoms with Gasteiger partial charge in [-0.15, -0.1) is 0 Å². The molecule has 0 bridgehead atoms. The molecule has 2 aliphatic rings. The Morgan fingerprint density at radius 1 is 1.38 bits per heavy atom. The number of hydrogen-bond donors (Lipinski definition) is 1. The molecular weight excluding hydrogens is 220 g/mol. The lowest BCUT2D eigenvalue weighted by atomic mass is 9.86. The highest BCUT2D eigenvalue weighted by molar-refractivity contribution is 7.99. The molecule has 2 aliphatic heterocycles. The number of thioether (sulfide) groups is 1. The highest BCUT2D eigenvalue weighted by atomic mass is 32.2. The molecule has 0 radical (unpaired) electrons. The Kier molecular flexibility index (Phi) is 4.95. The Morgan fingerprint density at radius 2 is 2.19 bits per heavy atom. The van der Waals surface area contributed by atoms with Gasteiger partial charge in [0.2, 0.25) is 0 Å². The minimum absolute atomic E-state index is 0.387. The first-order valence-electron chi connectivity index (χ1n) is 6.43. The molecule has 2 heterocycles. The van der Waals surface area contributed by atoms with Gasteiger partial charge in [-0.1, -0.05) is 6.92 Å². The number of hydrogen-bond acceptors (Lipinski definition) is 4. The molecule has 94 valence electrons. The van der Waals surface area contributed by atoms with Crippen molar-refractivity contribution < 1.29 is 4.74 Å². The van der Waals surface area contributed by atoms with Crippen LogP contribution in [0.25, 0.3) is 0 Å². The van der Waals surface area contributed by atoms with E-state index in [1.807, 2.05) is 0 Å². The van der Waals surface area contributed by atoms with Crippen LogP contribution in [0.1, 0.15) is 13.3 Å². The van der Waals surface area contributed by atoms with E-state index in [1.165, 1.54) is 37.6 Å². The summed E-state index contributed by atoms with van der Waals surface area (Å²) in [7, 11) is 0. The summed E-state index contributed by atoms with van der Waals surface area (Å²) < 4.78 is 5.63. The summed E-state index contributed by atoms with van der Waals surface area (Å²) in [6.45, 7) is 10.0. The topological polar surface area (TPSA) is 24.5 Å². The first-order valence-corrected chi connectivity index (χ1v) is 7.59. The molecule has 0 aromatic heterocycles. The van der Waals surface area contributed by atoms with Crippen LogP contribution >= 0.6 is 11.8 Å². The molecular formula is C12H24N2OS. The lowest BCUT2D eigenvalue weighted by Gasteiger charge is -2.36. The summed E-state index contributed by atoms with van der Waals surface area (Å²) in [6.07, 6.45) is 1.23. The molecule has 0 spiro atoms. The lowest BCUT2D eigenvalue weighted by Crippen LogP contribution is -2.47. The molecule has 1 N–H and O–H groups in total. The average Bonchev–Trinajstić information content (AvgIpc) is 2.77. The minimum atomic E-state index is 0.387. The summed E-state index contributed by atoms with van der Waals surface area (Å²) in [5.41, 5.74) is 0.387. The second-order valence-corrected chi connectivity index (χ2v) is 6.20. The maximum absolute atomic E-state index is 5.63. The van der Waals surface area contributed by atoms with Crippen molar-refractivity contribution in [3.63, 3.8) is 0 Å². The van der Waals surface area contributed by atoms with Crippen molar-refractivity contribution in [3.05, 3.63) is 0 Å². The number of ether oxygens (including phenoxy) is 1. The fraction of sp³-hybridized carbons (Fsp3) is 1.00. The summed E-state index contributed by atoms with van der Waals surface area (Å²) >= 11 is 2.08. The highest BCUT2D eigenvalue weighted by Gasteiger charge is 2.36. The van der Waals surface area contributed by atoms with Gasteiger partial charge in [-0.3, -0.25) is 0 Å². The maximum Gasteiger partial charge on any atom is 0.0547 e. The highest BCUT2D eigenvalue weighted by Crippen LogP contribution is 2.29. The van der Waals surface area contributed by atoms with E-state index in [-0.39, 0.29) is 0 Å². The summed E-state index contributed by atoms with van der Waals surface area (Å²) in [4.78, 5) is 2.63. The minimum Gasteiger partial charge on any atom is -0.381 e. The smallest absolute Gasteiger partial charge is 0.0547 e. The van der Waals surface area contributed by atoms with Gasteiger partial charge in [0.05, 0.1) is 6.61 Å². The molecule has 0 amide bonds. The molecule has 3 nitrogen and oxygen atoms in total. The normalized spacial score (nSPS) is 32.1. The van der Waals surface area contributed by atoms with E-state index in [4.69, 9.17) is 4.74 Å².